The van der Waals surface area contributed by atoms with Gasteiger partial charge in [-0.1, -0.05) is 164 Å². The van der Waals surface area contributed by atoms with Crippen LogP contribution in [0.3, 0.4) is 0 Å². The van der Waals surface area contributed by atoms with Gasteiger partial charge in [0.2, 0.25) is 0 Å². The maximum Gasteiger partial charge on any atom is 0.160 e. The first-order valence-corrected chi connectivity index (χ1v) is 19.7. The highest BCUT2D eigenvalue weighted by Crippen LogP contribution is 2.43. The quantitative estimate of drug-likeness (QED) is 0.170. The molecule has 0 radical (unpaired) electrons. The van der Waals surface area contributed by atoms with Gasteiger partial charge in [0.15, 0.2) is 5.82 Å². The van der Waals surface area contributed by atoms with Crippen molar-refractivity contribution in [3.8, 4) is 61.7 Å². The van der Waals surface area contributed by atoms with E-state index in [1.165, 1.54) is 48.8 Å². The summed E-state index contributed by atoms with van der Waals surface area (Å²) in [6.45, 7) is 0. The van der Waals surface area contributed by atoms with Gasteiger partial charge in [0, 0.05) is 43.2 Å². The summed E-state index contributed by atoms with van der Waals surface area (Å²) >= 11 is 1.77. The standard InChI is InChI=1S/C52H33N3S/c1-4-14-34(15-5-1)35-26-28-36(29-27-35)48-51-49(54-52(53-48)37-16-6-2-7-17-37)45-33-39(30-31-47(45)56-51)38-18-12-19-40(32-38)42-23-13-24-44-43-22-10-11-25-46(43)55(50(42)44)41-20-8-3-9-21-41/h1-33H. The van der Waals surface area contributed by atoms with E-state index in [1.807, 2.05) is 18.2 Å². The molecule has 0 atom stereocenters. The van der Waals surface area contributed by atoms with Crippen molar-refractivity contribution in [3.05, 3.63) is 200 Å². The van der Waals surface area contributed by atoms with Crippen LogP contribution in [0.2, 0.25) is 0 Å². The van der Waals surface area contributed by atoms with E-state index in [4.69, 9.17) is 9.97 Å². The number of nitrogens with zero attached hydrogens (tertiary/aromatic N) is 3. The van der Waals surface area contributed by atoms with Gasteiger partial charge in [0.25, 0.3) is 0 Å². The zero-order chi connectivity index (χ0) is 37.0. The molecule has 3 aromatic heterocycles. The van der Waals surface area contributed by atoms with E-state index in [0.717, 1.165) is 55.1 Å². The summed E-state index contributed by atoms with van der Waals surface area (Å²) in [4.78, 5) is 10.5. The monoisotopic (exact) mass is 731 g/mol. The van der Waals surface area contributed by atoms with E-state index in [1.54, 1.807) is 11.3 Å². The average Bonchev–Trinajstić information content (AvgIpc) is 3.83. The highest BCUT2D eigenvalue weighted by atomic mass is 32.1. The Balaban J connectivity index is 1.07. The third kappa shape index (κ3) is 5.42. The van der Waals surface area contributed by atoms with Crippen molar-refractivity contribution < 1.29 is 0 Å². The van der Waals surface area contributed by atoms with Gasteiger partial charge < -0.3 is 4.57 Å². The molecule has 0 aliphatic heterocycles. The lowest BCUT2D eigenvalue weighted by atomic mass is 9.96. The van der Waals surface area contributed by atoms with Crippen molar-refractivity contribution in [2.45, 2.75) is 0 Å². The third-order valence-corrected chi connectivity index (χ3v) is 12.0. The van der Waals surface area contributed by atoms with Gasteiger partial charge in [-0.25, -0.2) is 9.97 Å². The minimum Gasteiger partial charge on any atom is -0.309 e. The van der Waals surface area contributed by atoms with Crippen LogP contribution in [0.4, 0.5) is 0 Å². The molecule has 4 heteroatoms. The zero-order valence-corrected chi connectivity index (χ0v) is 31.1. The van der Waals surface area contributed by atoms with E-state index in [2.05, 4.69) is 187 Å². The molecule has 0 aliphatic rings. The largest absolute Gasteiger partial charge is 0.309 e. The van der Waals surface area contributed by atoms with E-state index in [0.29, 0.717) is 0 Å². The summed E-state index contributed by atoms with van der Waals surface area (Å²) in [5, 5.41) is 3.64. The summed E-state index contributed by atoms with van der Waals surface area (Å²) in [5.41, 5.74) is 14.7. The SMILES string of the molecule is c1ccc(-c2ccc(-c3nc(-c4ccccc4)nc4c3sc3ccc(-c5cccc(-c6cccc7c8ccccc8n(-c8ccccc8)c67)c5)cc34)cc2)cc1. The Morgan fingerprint density at radius 2 is 0.982 bits per heavy atom. The minimum atomic E-state index is 0.731. The fourth-order valence-corrected chi connectivity index (χ4v) is 9.28. The van der Waals surface area contributed by atoms with E-state index in [9.17, 15) is 0 Å². The molecule has 0 fully saturated rings. The Labute approximate surface area is 328 Å². The van der Waals surface area contributed by atoms with Crippen LogP contribution in [-0.4, -0.2) is 14.5 Å². The van der Waals surface area contributed by atoms with Gasteiger partial charge in [0.1, 0.15) is 0 Å². The van der Waals surface area contributed by atoms with Gasteiger partial charge in [-0.15, -0.1) is 11.3 Å². The zero-order valence-electron chi connectivity index (χ0n) is 30.3. The molecule has 0 saturated heterocycles. The highest BCUT2D eigenvalue weighted by molar-refractivity contribution is 7.26. The number of thiophene rings is 1. The number of rotatable bonds is 6. The van der Waals surface area contributed by atoms with E-state index < -0.39 is 0 Å². The second-order valence-electron chi connectivity index (χ2n) is 14.2. The Morgan fingerprint density at radius 1 is 0.393 bits per heavy atom. The first-order chi connectivity index (χ1) is 27.8. The van der Waals surface area contributed by atoms with Crippen LogP contribution in [0.5, 0.6) is 0 Å². The molecule has 262 valence electrons. The lowest BCUT2D eigenvalue weighted by Crippen LogP contribution is -1.95. The lowest BCUT2D eigenvalue weighted by Gasteiger charge is -2.12. The van der Waals surface area contributed by atoms with Gasteiger partial charge in [-0.2, -0.15) is 0 Å². The maximum absolute atomic E-state index is 5.27. The second-order valence-corrected chi connectivity index (χ2v) is 15.2. The van der Waals surface area contributed by atoms with Crippen molar-refractivity contribution in [2.75, 3.05) is 0 Å². The molecule has 3 heterocycles. The molecule has 0 saturated carbocycles. The molecule has 0 unspecified atom stereocenters. The molecule has 0 bridgehead atoms. The van der Waals surface area contributed by atoms with Crippen molar-refractivity contribution in [1.82, 2.24) is 14.5 Å². The molecule has 0 aliphatic carbocycles. The summed E-state index contributed by atoms with van der Waals surface area (Å²) in [6.07, 6.45) is 0. The normalized spacial score (nSPS) is 11.6. The molecule has 56 heavy (non-hydrogen) atoms. The molecular formula is C52H33N3S. The maximum atomic E-state index is 5.27. The Bertz CT molecular complexity index is 3220. The average molecular weight is 732 g/mol. The first kappa shape index (κ1) is 32.3. The molecule has 0 amide bonds. The van der Waals surface area contributed by atoms with Crippen molar-refractivity contribution in [1.29, 1.82) is 0 Å². The van der Waals surface area contributed by atoms with Crippen molar-refractivity contribution in [3.63, 3.8) is 0 Å². The van der Waals surface area contributed by atoms with Crippen LogP contribution in [0.1, 0.15) is 0 Å². The molecule has 8 aromatic carbocycles. The summed E-state index contributed by atoms with van der Waals surface area (Å²) < 4.78 is 4.70. The minimum absolute atomic E-state index is 0.731. The molecular weight excluding hydrogens is 699 g/mol. The smallest absolute Gasteiger partial charge is 0.160 e. The summed E-state index contributed by atoms with van der Waals surface area (Å²) in [5.74, 6) is 0.731. The number of benzene rings is 8. The van der Waals surface area contributed by atoms with Gasteiger partial charge >= 0.3 is 0 Å². The van der Waals surface area contributed by atoms with Gasteiger partial charge in [-0.05, 0) is 64.2 Å². The third-order valence-electron chi connectivity index (χ3n) is 10.8. The number of hydrogen-bond donors (Lipinski definition) is 0. The van der Waals surface area contributed by atoms with Crippen LogP contribution in [0.15, 0.2) is 200 Å². The fraction of sp³-hybridized carbons (Fsp3) is 0. The topological polar surface area (TPSA) is 30.7 Å². The van der Waals surface area contributed by atoms with Crippen LogP contribution in [-0.2, 0) is 0 Å². The number of hydrogen-bond acceptors (Lipinski definition) is 3. The van der Waals surface area contributed by atoms with Crippen LogP contribution in [0.25, 0.3) is 104 Å². The Morgan fingerprint density at radius 3 is 1.79 bits per heavy atom. The predicted molar refractivity (Wildman–Crippen MR) is 236 cm³/mol. The van der Waals surface area contributed by atoms with E-state index >= 15 is 0 Å². The van der Waals surface area contributed by atoms with Gasteiger partial charge in [-0.3, -0.25) is 0 Å². The molecule has 0 spiro atoms. The van der Waals surface area contributed by atoms with Crippen molar-refractivity contribution in [2.24, 2.45) is 0 Å². The molecule has 11 aromatic rings. The second kappa shape index (κ2) is 13.3. The first-order valence-electron chi connectivity index (χ1n) is 18.9. The fourth-order valence-electron chi connectivity index (χ4n) is 8.15. The summed E-state index contributed by atoms with van der Waals surface area (Å²) in [7, 11) is 0. The number of aromatic nitrogens is 3. The number of fused-ring (bicyclic) bond motifs is 6. The summed E-state index contributed by atoms with van der Waals surface area (Å²) in [6, 6.07) is 71.5. The molecule has 11 rings (SSSR count). The van der Waals surface area contributed by atoms with E-state index in [-0.39, 0.29) is 0 Å². The van der Waals surface area contributed by atoms with Crippen molar-refractivity contribution >= 4 is 53.4 Å². The van der Waals surface area contributed by atoms with Gasteiger partial charge in [0.05, 0.1) is 26.9 Å². The predicted octanol–water partition coefficient (Wildman–Crippen LogP) is 14.3. The Kier molecular flexibility index (Phi) is 7.68. The molecule has 3 nitrogen and oxygen atoms in total. The molecule has 0 N–H and O–H groups in total. The Hall–Kier alpha value is -7.14. The number of para-hydroxylation sites is 3. The van der Waals surface area contributed by atoms with Crippen LogP contribution in [0, 0.1) is 0 Å². The van der Waals surface area contributed by atoms with Crippen LogP contribution < -0.4 is 0 Å². The van der Waals surface area contributed by atoms with Crippen LogP contribution >= 0.6 is 11.3 Å². The highest BCUT2D eigenvalue weighted by Gasteiger charge is 2.19. The lowest BCUT2D eigenvalue weighted by molar-refractivity contribution is 1.18.